The molecule has 162 valence electrons. The van der Waals surface area contributed by atoms with Crippen LogP contribution in [0.2, 0.25) is 0 Å². The van der Waals surface area contributed by atoms with Crippen LogP contribution in [0.4, 0.5) is 0 Å². The first-order valence-electron chi connectivity index (χ1n) is 9.51. The van der Waals surface area contributed by atoms with Crippen molar-refractivity contribution in [3.63, 3.8) is 0 Å². The first kappa shape index (κ1) is 21.8. The molecule has 0 bridgehead atoms. The minimum Gasteiger partial charge on any atom is -0.508 e. The van der Waals surface area contributed by atoms with Gasteiger partial charge in [0.05, 0.1) is 34.2 Å². The lowest BCUT2D eigenvalue weighted by Crippen LogP contribution is -2.03. The number of phenolic OH excluding ortho intramolecular Hbond substituents is 1. The summed E-state index contributed by atoms with van der Waals surface area (Å²) >= 11 is 0. The van der Waals surface area contributed by atoms with Crippen LogP contribution in [0.3, 0.4) is 0 Å². The van der Waals surface area contributed by atoms with E-state index in [9.17, 15) is 14.7 Å². The van der Waals surface area contributed by atoms with Crippen molar-refractivity contribution in [1.29, 1.82) is 0 Å². The third-order valence-electron chi connectivity index (χ3n) is 4.85. The number of hydrogen-bond acceptors (Lipinski definition) is 6. The number of rotatable bonds is 5. The van der Waals surface area contributed by atoms with Crippen LogP contribution in [0.1, 0.15) is 11.1 Å². The Morgan fingerprint density at radius 2 is 1.32 bits per heavy atom. The second-order valence-corrected chi connectivity index (χ2v) is 6.78. The Balaban J connectivity index is 0.000000176. The molecule has 0 spiro atoms. The standard InChI is InChI=1S/C12H13NO3.C11H11NO3/c1-15-9-3-4-11-10(6-9)8(7-13-11)5-12(14)16-2;1-15-11(14)4-7-6-12-10-3-2-8(13)5-9(7)10/h3-4,6-7,13H,5H2,1-2H3;2-3,5-6,12-13H,4H2,1H3. The highest BCUT2D eigenvalue weighted by molar-refractivity contribution is 5.89. The highest BCUT2D eigenvalue weighted by Gasteiger charge is 2.10. The Morgan fingerprint density at radius 1 is 0.806 bits per heavy atom. The number of aromatic nitrogens is 2. The summed E-state index contributed by atoms with van der Waals surface area (Å²) in [4.78, 5) is 28.5. The summed E-state index contributed by atoms with van der Waals surface area (Å²) in [6.45, 7) is 0. The van der Waals surface area contributed by atoms with Crippen LogP contribution < -0.4 is 4.74 Å². The molecule has 0 fully saturated rings. The maximum Gasteiger partial charge on any atom is 0.310 e. The van der Waals surface area contributed by atoms with Gasteiger partial charge in [-0.15, -0.1) is 0 Å². The lowest BCUT2D eigenvalue weighted by Gasteiger charge is -2.01. The average Bonchev–Trinajstić information content (AvgIpc) is 3.37. The summed E-state index contributed by atoms with van der Waals surface area (Å²) in [5.41, 5.74) is 3.62. The van der Waals surface area contributed by atoms with Crippen LogP contribution in [-0.4, -0.2) is 48.3 Å². The largest absolute Gasteiger partial charge is 0.508 e. The summed E-state index contributed by atoms with van der Waals surface area (Å²) in [6, 6.07) is 10.7. The fraction of sp³-hybridized carbons (Fsp3) is 0.217. The molecule has 8 heteroatoms. The summed E-state index contributed by atoms with van der Waals surface area (Å²) in [6.07, 6.45) is 4.05. The van der Waals surface area contributed by atoms with Crippen molar-refractivity contribution in [2.75, 3.05) is 21.3 Å². The Kier molecular flexibility index (Phi) is 6.81. The molecule has 2 aromatic heterocycles. The van der Waals surface area contributed by atoms with E-state index in [0.717, 1.165) is 38.7 Å². The number of nitrogens with one attached hydrogen (secondary N) is 2. The number of aromatic hydroxyl groups is 1. The van der Waals surface area contributed by atoms with Crippen molar-refractivity contribution < 1.29 is 28.9 Å². The van der Waals surface area contributed by atoms with Crippen molar-refractivity contribution in [3.8, 4) is 11.5 Å². The molecular weight excluding hydrogens is 400 g/mol. The maximum absolute atomic E-state index is 11.2. The lowest BCUT2D eigenvalue weighted by atomic mass is 10.1. The second kappa shape index (κ2) is 9.71. The topological polar surface area (TPSA) is 114 Å². The SMILES string of the molecule is COC(=O)Cc1c[nH]c2ccc(O)cc12.COC(=O)Cc1c[nH]c2ccc(OC)cc12. The van der Waals surface area contributed by atoms with Crippen LogP contribution in [0, 0.1) is 0 Å². The van der Waals surface area contributed by atoms with Crippen molar-refractivity contribution in [2.24, 2.45) is 0 Å². The van der Waals surface area contributed by atoms with Crippen molar-refractivity contribution in [3.05, 3.63) is 59.9 Å². The number of phenols is 1. The number of benzene rings is 2. The molecule has 2 heterocycles. The van der Waals surface area contributed by atoms with E-state index in [1.165, 1.54) is 14.2 Å². The molecule has 0 aliphatic carbocycles. The number of methoxy groups -OCH3 is 3. The predicted octanol–water partition coefficient (Wildman–Crippen LogP) is 3.48. The van der Waals surface area contributed by atoms with Gasteiger partial charge in [0.1, 0.15) is 11.5 Å². The summed E-state index contributed by atoms with van der Waals surface area (Å²) in [7, 11) is 4.36. The number of carbonyl (C=O) groups excluding carboxylic acids is 2. The summed E-state index contributed by atoms with van der Waals surface area (Å²) in [5, 5.41) is 11.2. The van der Waals surface area contributed by atoms with Gasteiger partial charge in [0.15, 0.2) is 0 Å². The Morgan fingerprint density at radius 3 is 1.84 bits per heavy atom. The molecule has 3 N–H and O–H groups in total. The Hall–Kier alpha value is -3.94. The zero-order chi connectivity index (χ0) is 22.4. The molecule has 0 amide bonds. The van der Waals surface area contributed by atoms with Gasteiger partial charge in [-0.05, 0) is 47.5 Å². The van der Waals surface area contributed by atoms with Gasteiger partial charge in [-0.3, -0.25) is 9.59 Å². The lowest BCUT2D eigenvalue weighted by molar-refractivity contribution is -0.140. The quantitative estimate of drug-likeness (QED) is 0.423. The Bertz CT molecular complexity index is 1210. The minimum atomic E-state index is -0.292. The monoisotopic (exact) mass is 424 g/mol. The van der Waals surface area contributed by atoms with Gasteiger partial charge in [-0.1, -0.05) is 0 Å². The van der Waals surface area contributed by atoms with E-state index < -0.39 is 0 Å². The van der Waals surface area contributed by atoms with Crippen LogP contribution in [0.25, 0.3) is 21.8 Å². The molecule has 0 radical (unpaired) electrons. The number of hydrogen-bond donors (Lipinski definition) is 3. The molecule has 0 atom stereocenters. The van der Waals surface area contributed by atoms with E-state index in [1.54, 1.807) is 31.5 Å². The Labute approximate surface area is 178 Å². The van der Waals surface area contributed by atoms with E-state index in [4.69, 9.17) is 4.74 Å². The normalized spacial score (nSPS) is 10.4. The van der Waals surface area contributed by atoms with Crippen molar-refractivity contribution in [1.82, 2.24) is 9.97 Å². The number of esters is 2. The molecule has 0 saturated heterocycles. The van der Waals surface area contributed by atoms with Crippen LogP contribution >= 0.6 is 0 Å². The van der Waals surface area contributed by atoms with Gasteiger partial charge in [0, 0.05) is 34.2 Å². The van der Waals surface area contributed by atoms with E-state index in [0.29, 0.717) is 0 Å². The second-order valence-electron chi connectivity index (χ2n) is 6.78. The first-order chi connectivity index (χ1) is 14.9. The third-order valence-corrected chi connectivity index (χ3v) is 4.85. The summed E-state index contributed by atoms with van der Waals surface area (Å²) in [5.74, 6) is 0.425. The molecule has 0 aliphatic heterocycles. The van der Waals surface area contributed by atoms with Crippen molar-refractivity contribution >= 4 is 33.7 Å². The molecule has 4 aromatic rings. The molecule has 31 heavy (non-hydrogen) atoms. The van der Waals surface area contributed by atoms with Gasteiger partial charge in [-0.2, -0.15) is 0 Å². The molecule has 0 aliphatic rings. The first-order valence-corrected chi connectivity index (χ1v) is 9.51. The molecule has 0 unspecified atom stereocenters. The number of H-pyrrole nitrogens is 2. The fourth-order valence-electron chi connectivity index (χ4n) is 3.20. The van der Waals surface area contributed by atoms with Gasteiger partial charge >= 0.3 is 11.9 Å². The van der Waals surface area contributed by atoms with Crippen LogP contribution in [0.5, 0.6) is 11.5 Å². The maximum atomic E-state index is 11.2. The zero-order valence-electron chi connectivity index (χ0n) is 17.5. The van der Waals surface area contributed by atoms with Gasteiger partial charge in [-0.25, -0.2) is 0 Å². The van der Waals surface area contributed by atoms with Crippen LogP contribution in [-0.2, 0) is 31.9 Å². The predicted molar refractivity (Wildman–Crippen MR) is 116 cm³/mol. The smallest absolute Gasteiger partial charge is 0.310 e. The number of carbonyl (C=O) groups is 2. The molecule has 8 nitrogen and oxygen atoms in total. The molecular formula is C23H24N2O6. The van der Waals surface area contributed by atoms with E-state index in [-0.39, 0.29) is 30.5 Å². The van der Waals surface area contributed by atoms with Gasteiger partial charge in [0.25, 0.3) is 0 Å². The van der Waals surface area contributed by atoms with Crippen molar-refractivity contribution in [2.45, 2.75) is 12.8 Å². The minimum absolute atomic E-state index is 0.188. The van der Waals surface area contributed by atoms with Crippen LogP contribution in [0.15, 0.2) is 48.8 Å². The van der Waals surface area contributed by atoms with E-state index in [1.807, 2.05) is 24.4 Å². The third kappa shape index (κ3) is 5.16. The molecule has 2 aromatic carbocycles. The molecule has 0 saturated carbocycles. The highest BCUT2D eigenvalue weighted by atomic mass is 16.5. The molecule has 4 rings (SSSR count). The summed E-state index contributed by atoms with van der Waals surface area (Å²) < 4.78 is 14.4. The number of ether oxygens (including phenoxy) is 3. The van der Waals surface area contributed by atoms with E-state index >= 15 is 0 Å². The van der Waals surface area contributed by atoms with E-state index in [2.05, 4.69) is 19.4 Å². The highest BCUT2D eigenvalue weighted by Crippen LogP contribution is 2.24. The van der Waals surface area contributed by atoms with Gasteiger partial charge < -0.3 is 29.3 Å². The number of fused-ring (bicyclic) bond motifs is 2. The average molecular weight is 424 g/mol. The zero-order valence-corrected chi connectivity index (χ0v) is 17.5. The van der Waals surface area contributed by atoms with Gasteiger partial charge in [0.2, 0.25) is 0 Å². The number of aromatic amines is 2. The fourth-order valence-corrected chi connectivity index (χ4v) is 3.20.